The molecular weight excluding hydrogens is 240 g/mol. The summed E-state index contributed by atoms with van der Waals surface area (Å²) in [5.41, 5.74) is 0.583. The van der Waals surface area contributed by atoms with Crippen LogP contribution in [0.15, 0.2) is 18.2 Å². The molecule has 0 bridgehead atoms. The largest absolute Gasteiger partial charge is 0.493 e. The van der Waals surface area contributed by atoms with E-state index in [2.05, 4.69) is 13.8 Å². The average Bonchev–Trinajstić information content (AvgIpc) is 2.45. The molecule has 0 N–H and O–H groups in total. The Labute approximate surface area is 115 Å². The molecule has 106 valence electrons. The maximum Gasteiger partial charge on any atom is 0.153 e. The van der Waals surface area contributed by atoms with Gasteiger partial charge in [-0.3, -0.25) is 4.79 Å². The Hall–Kier alpha value is -1.51. The molecule has 0 aliphatic rings. The SMILES string of the molecule is CCCCCCOc1cc(OCCC)ccc1C=O. The van der Waals surface area contributed by atoms with E-state index in [-0.39, 0.29) is 0 Å². The minimum absolute atomic E-state index is 0.583. The van der Waals surface area contributed by atoms with Gasteiger partial charge in [0.1, 0.15) is 11.5 Å². The summed E-state index contributed by atoms with van der Waals surface area (Å²) in [7, 11) is 0. The molecule has 3 nitrogen and oxygen atoms in total. The predicted octanol–water partition coefficient (Wildman–Crippen LogP) is 4.25. The van der Waals surface area contributed by atoms with Crippen molar-refractivity contribution in [3.8, 4) is 11.5 Å². The van der Waals surface area contributed by atoms with Crippen molar-refractivity contribution in [1.29, 1.82) is 0 Å². The van der Waals surface area contributed by atoms with E-state index in [4.69, 9.17) is 9.47 Å². The van der Waals surface area contributed by atoms with Gasteiger partial charge in [-0.1, -0.05) is 33.1 Å². The second-order valence-corrected chi connectivity index (χ2v) is 4.58. The number of unbranched alkanes of at least 4 members (excludes halogenated alkanes) is 3. The molecule has 0 aliphatic carbocycles. The van der Waals surface area contributed by atoms with Crippen molar-refractivity contribution in [3.05, 3.63) is 23.8 Å². The fourth-order valence-electron chi connectivity index (χ4n) is 1.76. The van der Waals surface area contributed by atoms with E-state index in [0.717, 1.165) is 24.9 Å². The number of aldehydes is 1. The third kappa shape index (κ3) is 5.77. The Bertz CT molecular complexity index is 374. The molecule has 0 fully saturated rings. The molecule has 1 aromatic rings. The number of carbonyl (C=O) groups is 1. The average molecular weight is 264 g/mol. The van der Waals surface area contributed by atoms with Crippen LogP contribution in [0.4, 0.5) is 0 Å². The van der Waals surface area contributed by atoms with Crippen LogP contribution in [-0.2, 0) is 0 Å². The number of hydrogen-bond donors (Lipinski definition) is 0. The molecule has 1 rings (SSSR count). The van der Waals surface area contributed by atoms with E-state index in [1.54, 1.807) is 12.1 Å². The molecule has 0 heterocycles. The minimum atomic E-state index is 0.583. The maximum atomic E-state index is 11.0. The molecule has 3 heteroatoms. The third-order valence-electron chi connectivity index (χ3n) is 2.84. The summed E-state index contributed by atoms with van der Waals surface area (Å²) >= 11 is 0. The molecule has 1 aromatic carbocycles. The summed E-state index contributed by atoms with van der Waals surface area (Å²) in [5, 5.41) is 0. The highest BCUT2D eigenvalue weighted by Crippen LogP contribution is 2.24. The van der Waals surface area contributed by atoms with Crippen LogP contribution in [0.2, 0.25) is 0 Å². The van der Waals surface area contributed by atoms with Crippen LogP contribution in [0, 0.1) is 0 Å². The van der Waals surface area contributed by atoms with Crippen molar-refractivity contribution in [2.24, 2.45) is 0 Å². The lowest BCUT2D eigenvalue weighted by Gasteiger charge is -2.11. The molecule has 0 amide bonds. The Morgan fingerprint density at radius 3 is 2.53 bits per heavy atom. The van der Waals surface area contributed by atoms with E-state index in [1.807, 2.05) is 6.07 Å². The first-order chi connectivity index (χ1) is 9.31. The van der Waals surface area contributed by atoms with Gasteiger partial charge in [0.15, 0.2) is 6.29 Å². The zero-order valence-corrected chi connectivity index (χ0v) is 12.0. The molecule has 0 unspecified atom stereocenters. The molecule has 0 atom stereocenters. The van der Waals surface area contributed by atoms with Gasteiger partial charge in [0.25, 0.3) is 0 Å². The Morgan fingerprint density at radius 1 is 1.00 bits per heavy atom. The van der Waals surface area contributed by atoms with Crippen LogP contribution >= 0.6 is 0 Å². The lowest BCUT2D eigenvalue weighted by Crippen LogP contribution is -2.01. The fraction of sp³-hybridized carbons (Fsp3) is 0.562. The van der Waals surface area contributed by atoms with Crippen molar-refractivity contribution in [3.63, 3.8) is 0 Å². The topological polar surface area (TPSA) is 35.5 Å². The highest BCUT2D eigenvalue weighted by atomic mass is 16.5. The lowest BCUT2D eigenvalue weighted by atomic mass is 10.2. The first-order valence-electron chi connectivity index (χ1n) is 7.16. The van der Waals surface area contributed by atoms with Crippen LogP contribution < -0.4 is 9.47 Å². The summed E-state index contributed by atoms with van der Waals surface area (Å²) in [4.78, 5) is 11.0. The number of hydrogen-bond acceptors (Lipinski definition) is 3. The van der Waals surface area contributed by atoms with Crippen molar-refractivity contribution in [2.75, 3.05) is 13.2 Å². The molecule has 0 saturated carbocycles. The van der Waals surface area contributed by atoms with Crippen molar-refractivity contribution >= 4 is 6.29 Å². The van der Waals surface area contributed by atoms with Crippen LogP contribution in [0.3, 0.4) is 0 Å². The first kappa shape index (κ1) is 15.5. The molecule has 0 saturated heterocycles. The number of ether oxygens (including phenoxy) is 2. The summed E-state index contributed by atoms with van der Waals surface area (Å²) in [5.74, 6) is 1.39. The summed E-state index contributed by atoms with van der Waals surface area (Å²) < 4.78 is 11.2. The third-order valence-corrected chi connectivity index (χ3v) is 2.84. The standard InChI is InChI=1S/C16H24O3/c1-3-5-6-7-11-19-16-12-15(18-10-4-2)9-8-14(16)13-17/h8-9,12-13H,3-7,10-11H2,1-2H3. The summed E-state index contributed by atoms with van der Waals surface area (Å²) in [6.45, 7) is 5.57. The molecule has 0 aromatic heterocycles. The van der Waals surface area contributed by atoms with Gasteiger partial charge < -0.3 is 9.47 Å². The quantitative estimate of drug-likeness (QED) is 0.468. The normalized spacial score (nSPS) is 10.2. The predicted molar refractivity (Wildman–Crippen MR) is 77.3 cm³/mol. The van der Waals surface area contributed by atoms with Gasteiger partial charge in [0, 0.05) is 6.07 Å². The summed E-state index contributed by atoms with van der Waals surface area (Å²) in [6.07, 6.45) is 6.40. The monoisotopic (exact) mass is 264 g/mol. The number of carbonyl (C=O) groups excluding carboxylic acids is 1. The zero-order chi connectivity index (χ0) is 13.9. The van der Waals surface area contributed by atoms with E-state index >= 15 is 0 Å². The Kier molecular flexibility index (Phi) is 7.71. The van der Waals surface area contributed by atoms with Gasteiger partial charge in [-0.2, -0.15) is 0 Å². The van der Waals surface area contributed by atoms with E-state index in [0.29, 0.717) is 24.5 Å². The summed E-state index contributed by atoms with van der Waals surface area (Å²) in [6, 6.07) is 5.36. The van der Waals surface area contributed by atoms with Crippen LogP contribution in [-0.4, -0.2) is 19.5 Å². The second-order valence-electron chi connectivity index (χ2n) is 4.58. The van der Waals surface area contributed by atoms with Gasteiger partial charge in [-0.15, -0.1) is 0 Å². The van der Waals surface area contributed by atoms with Crippen LogP contribution in [0.1, 0.15) is 56.3 Å². The van der Waals surface area contributed by atoms with Crippen LogP contribution in [0.5, 0.6) is 11.5 Å². The number of benzene rings is 1. The fourth-order valence-corrected chi connectivity index (χ4v) is 1.76. The molecule has 0 radical (unpaired) electrons. The highest BCUT2D eigenvalue weighted by molar-refractivity contribution is 5.79. The second kappa shape index (κ2) is 9.42. The van der Waals surface area contributed by atoms with Crippen LogP contribution in [0.25, 0.3) is 0 Å². The van der Waals surface area contributed by atoms with E-state index in [9.17, 15) is 4.79 Å². The maximum absolute atomic E-state index is 11.0. The first-order valence-corrected chi connectivity index (χ1v) is 7.16. The number of rotatable bonds is 10. The van der Waals surface area contributed by atoms with Gasteiger partial charge in [0.05, 0.1) is 18.8 Å². The Balaban J connectivity index is 2.54. The lowest BCUT2D eigenvalue weighted by molar-refractivity contribution is 0.111. The zero-order valence-electron chi connectivity index (χ0n) is 12.0. The highest BCUT2D eigenvalue weighted by Gasteiger charge is 2.05. The van der Waals surface area contributed by atoms with Gasteiger partial charge in [0.2, 0.25) is 0 Å². The Morgan fingerprint density at radius 2 is 1.84 bits per heavy atom. The molecule has 19 heavy (non-hydrogen) atoms. The van der Waals surface area contributed by atoms with Crippen molar-refractivity contribution in [1.82, 2.24) is 0 Å². The molecular formula is C16H24O3. The molecule has 0 aliphatic heterocycles. The minimum Gasteiger partial charge on any atom is -0.493 e. The van der Waals surface area contributed by atoms with E-state index in [1.165, 1.54) is 19.3 Å². The van der Waals surface area contributed by atoms with Gasteiger partial charge in [-0.05, 0) is 25.0 Å². The van der Waals surface area contributed by atoms with Crippen molar-refractivity contribution < 1.29 is 14.3 Å². The van der Waals surface area contributed by atoms with Crippen molar-refractivity contribution in [2.45, 2.75) is 46.0 Å². The van der Waals surface area contributed by atoms with Gasteiger partial charge >= 0.3 is 0 Å². The van der Waals surface area contributed by atoms with E-state index < -0.39 is 0 Å². The smallest absolute Gasteiger partial charge is 0.153 e. The van der Waals surface area contributed by atoms with Gasteiger partial charge in [-0.25, -0.2) is 0 Å². The molecule has 0 spiro atoms.